The summed E-state index contributed by atoms with van der Waals surface area (Å²) in [6.07, 6.45) is -1.09. The first-order chi connectivity index (χ1) is 10.5. The molecular weight excluding hydrogens is 300 g/mol. The fourth-order valence-corrected chi connectivity index (χ4v) is 2.65. The third-order valence-corrected chi connectivity index (χ3v) is 3.51. The lowest BCUT2D eigenvalue weighted by Crippen LogP contribution is -2.53. The summed E-state index contributed by atoms with van der Waals surface area (Å²) in [5.41, 5.74) is 4.50. The fraction of sp³-hybridized carbons (Fsp3) is 0.938. The van der Waals surface area contributed by atoms with Crippen LogP contribution in [0.15, 0.2) is 0 Å². The van der Waals surface area contributed by atoms with E-state index in [-0.39, 0.29) is 25.0 Å². The van der Waals surface area contributed by atoms with Crippen LogP contribution in [0.3, 0.4) is 0 Å². The number of rotatable bonds is 6. The highest BCUT2D eigenvalue weighted by Gasteiger charge is 2.50. The average Bonchev–Trinajstić information content (AvgIpc) is 2.65. The summed E-state index contributed by atoms with van der Waals surface area (Å²) in [6, 6.07) is -0.311. The number of nitrogens with zero attached hydrogens (tertiary/aromatic N) is 1. The van der Waals surface area contributed by atoms with Gasteiger partial charge in [0.2, 0.25) is 0 Å². The summed E-state index contributed by atoms with van der Waals surface area (Å²) in [6.45, 7) is 14.0. The molecule has 3 unspecified atom stereocenters. The van der Waals surface area contributed by atoms with Crippen LogP contribution in [0.2, 0.25) is 0 Å². The van der Waals surface area contributed by atoms with Gasteiger partial charge in [-0.05, 0) is 48.5 Å². The molecule has 1 fully saturated rings. The topological polar surface area (TPSA) is 83.2 Å². The zero-order chi connectivity index (χ0) is 17.8. The molecule has 7 nitrogen and oxygen atoms in total. The Bertz CT molecular complexity index is 394. The summed E-state index contributed by atoms with van der Waals surface area (Å²) in [5, 5.41) is 0. The van der Waals surface area contributed by atoms with Crippen LogP contribution in [-0.2, 0) is 18.9 Å². The van der Waals surface area contributed by atoms with Crippen molar-refractivity contribution in [3.05, 3.63) is 0 Å². The van der Waals surface area contributed by atoms with Gasteiger partial charge in [0.25, 0.3) is 0 Å². The summed E-state index contributed by atoms with van der Waals surface area (Å²) >= 11 is 0. The van der Waals surface area contributed by atoms with Crippen molar-refractivity contribution < 1.29 is 23.7 Å². The van der Waals surface area contributed by atoms with Gasteiger partial charge >= 0.3 is 6.09 Å². The maximum Gasteiger partial charge on any atom is 0.412 e. The molecule has 0 radical (unpaired) electrons. The standard InChI is InChI=1S/C16H32N2O5/c1-8-20-11(2)21-10-13-12(9-17)18(16(6,7)22-13)14(19)23-15(3,4)5/h11-13H,8-10,17H2,1-7H3. The van der Waals surface area contributed by atoms with E-state index in [0.29, 0.717) is 13.2 Å². The molecule has 1 aliphatic rings. The Morgan fingerprint density at radius 1 is 1.35 bits per heavy atom. The monoisotopic (exact) mass is 332 g/mol. The van der Waals surface area contributed by atoms with Gasteiger partial charge in [-0.15, -0.1) is 0 Å². The van der Waals surface area contributed by atoms with Crippen LogP contribution in [0.1, 0.15) is 48.5 Å². The lowest BCUT2D eigenvalue weighted by Gasteiger charge is -2.34. The molecule has 0 saturated carbocycles. The molecule has 0 aromatic heterocycles. The van der Waals surface area contributed by atoms with Gasteiger partial charge in [-0.1, -0.05) is 0 Å². The minimum Gasteiger partial charge on any atom is -0.444 e. The predicted molar refractivity (Wildman–Crippen MR) is 86.9 cm³/mol. The Morgan fingerprint density at radius 2 is 1.96 bits per heavy atom. The molecule has 136 valence electrons. The van der Waals surface area contributed by atoms with Crippen molar-refractivity contribution in [3.63, 3.8) is 0 Å². The van der Waals surface area contributed by atoms with Gasteiger partial charge in [0.15, 0.2) is 6.29 Å². The highest BCUT2D eigenvalue weighted by Crippen LogP contribution is 2.33. The van der Waals surface area contributed by atoms with Gasteiger partial charge in [0, 0.05) is 13.2 Å². The highest BCUT2D eigenvalue weighted by molar-refractivity contribution is 5.70. The second kappa shape index (κ2) is 7.79. The van der Waals surface area contributed by atoms with E-state index in [1.807, 2.05) is 48.5 Å². The van der Waals surface area contributed by atoms with Crippen LogP contribution >= 0.6 is 0 Å². The van der Waals surface area contributed by atoms with Gasteiger partial charge in [-0.3, -0.25) is 4.90 Å². The van der Waals surface area contributed by atoms with Crippen molar-refractivity contribution in [2.45, 2.75) is 78.2 Å². The maximum atomic E-state index is 12.5. The molecule has 0 aromatic rings. The van der Waals surface area contributed by atoms with E-state index in [1.165, 1.54) is 0 Å². The molecule has 1 aliphatic heterocycles. The number of amides is 1. The summed E-state index contributed by atoms with van der Waals surface area (Å²) in [5.74, 6) is 0. The van der Waals surface area contributed by atoms with Gasteiger partial charge in [-0.25, -0.2) is 4.79 Å². The van der Waals surface area contributed by atoms with Crippen LogP contribution in [0, 0.1) is 0 Å². The molecule has 0 aromatic carbocycles. The largest absolute Gasteiger partial charge is 0.444 e. The number of hydrogen-bond acceptors (Lipinski definition) is 6. The maximum absolute atomic E-state index is 12.5. The second-order valence-corrected chi connectivity index (χ2v) is 7.11. The second-order valence-electron chi connectivity index (χ2n) is 7.11. The molecule has 1 amide bonds. The van der Waals surface area contributed by atoms with Crippen LogP contribution in [0.4, 0.5) is 4.79 Å². The number of ether oxygens (including phenoxy) is 4. The van der Waals surface area contributed by atoms with E-state index in [2.05, 4.69) is 0 Å². The number of hydrogen-bond donors (Lipinski definition) is 1. The van der Waals surface area contributed by atoms with E-state index in [1.54, 1.807) is 4.90 Å². The van der Waals surface area contributed by atoms with E-state index >= 15 is 0 Å². The first kappa shape index (κ1) is 20.2. The molecule has 0 bridgehead atoms. The SMILES string of the molecule is CCOC(C)OCC1OC(C)(C)N(C(=O)OC(C)(C)C)C1CN. The van der Waals surface area contributed by atoms with Crippen LogP contribution in [0.25, 0.3) is 0 Å². The van der Waals surface area contributed by atoms with Crippen molar-refractivity contribution in [2.24, 2.45) is 5.73 Å². The molecule has 0 spiro atoms. The first-order valence-corrected chi connectivity index (χ1v) is 8.15. The summed E-state index contributed by atoms with van der Waals surface area (Å²) in [4.78, 5) is 14.1. The van der Waals surface area contributed by atoms with Crippen molar-refractivity contribution in [2.75, 3.05) is 19.8 Å². The Balaban J connectivity index is 2.80. The minimum atomic E-state index is -0.810. The Morgan fingerprint density at radius 3 is 2.43 bits per heavy atom. The fourth-order valence-electron chi connectivity index (χ4n) is 2.65. The van der Waals surface area contributed by atoms with E-state index in [0.717, 1.165) is 0 Å². The van der Waals surface area contributed by atoms with Gasteiger partial charge < -0.3 is 24.7 Å². The zero-order valence-electron chi connectivity index (χ0n) is 15.4. The predicted octanol–water partition coefficient (Wildman–Crippen LogP) is 2.08. The van der Waals surface area contributed by atoms with E-state index in [4.69, 9.17) is 24.7 Å². The lowest BCUT2D eigenvalue weighted by molar-refractivity contribution is -0.158. The van der Waals surface area contributed by atoms with Crippen LogP contribution in [-0.4, -0.2) is 60.5 Å². The molecule has 3 atom stereocenters. The molecule has 1 heterocycles. The quantitative estimate of drug-likeness (QED) is 0.750. The molecule has 2 N–H and O–H groups in total. The number of carbonyl (C=O) groups is 1. The number of carbonyl (C=O) groups excluding carboxylic acids is 1. The normalized spacial score (nSPS) is 25.5. The summed E-state index contributed by atoms with van der Waals surface area (Å²) in [7, 11) is 0. The molecule has 0 aliphatic carbocycles. The average molecular weight is 332 g/mol. The smallest absolute Gasteiger partial charge is 0.412 e. The Labute approximate surface area is 139 Å². The first-order valence-electron chi connectivity index (χ1n) is 8.15. The lowest BCUT2D eigenvalue weighted by atomic mass is 10.1. The molecule has 1 rings (SSSR count). The summed E-state index contributed by atoms with van der Waals surface area (Å²) < 4.78 is 22.5. The number of nitrogens with two attached hydrogens (primary N) is 1. The molecule has 7 heteroatoms. The van der Waals surface area contributed by atoms with Crippen molar-refractivity contribution in [3.8, 4) is 0 Å². The Kier molecular flexibility index (Phi) is 6.82. The molecular formula is C16H32N2O5. The minimum absolute atomic E-state index is 0.264. The van der Waals surface area contributed by atoms with Crippen molar-refractivity contribution in [1.29, 1.82) is 0 Å². The van der Waals surface area contributed by atoms with Crippen LogP contribution in [0.5, 0.6) is 0 Å². The van der Waals surface area contributed by atoms with Gasteiger partial charge in [-0.2, -0.15) is 0 Å². The van der Waals surface area contributed by atoms with Gasteiger partial charge in [0.05, 0.1) is 12.6 Å². The van der Waals surface area contributed by atoms with Crippen LogP contribution < -0.4 is 5.73 Å². The van der Waals surface area contributed by atoms with E-state index in [9.17, 15) is 4.79 Å². The van der Waals surface area contributed by atoms with Gasteiger partial charge in [0.1, 0.15) is 17.4 Å². The molecule has 23 heavy (non-hydrogen) atoms. The molecule has 1 saturated heterocycles. The third kappa shape index (κ3) is 5.60. The van der Waals surface area contributed by atoms with E-state index < -0.39 is 17.4 Å². The van der Waals surface area contributed by atoms with Crippen molar-refractivity contribution >= 4 is 6.09 Å². The highest BCUT2D eigenvalue weighted by atomic mass is 16.7. The van der Waals surface area contributed by atoms with Crippen molar-refractivity contribution in [1.82, 2.24) is 4.90 Å². The third-order valence-electron chi connectivity index (χ3n) is 3.51. The zero-order valence-corrected chi connectivity index (χ0v) is 15.4. The Hall–Kier alpha value is -0.890.